The molecule has 2 rings (SSSR count). The van der Waals surface area contributed by atoms with E-state index in [9.17, 15) is 4.39 Å². The molecule has 0 saturated carbocycles. The van der Waals surface area contributed by atoms with Crippen LogP contribution in [0.2, 0.25) is 0 Å². The SMILES string of the molecule is Cc1nc2cc(F)ccc2c(NN)c1C. The largest absolute Gasteiger partial charge is 0.323 e. The molecule has 1 aromatic heterocycles. The number of hydrogen-bond acceptors (Lipinski definition) is 3. The number of rotatable bonds is 1. The topological polar surface area (TPSA) is 50.9 Å². The number of aromatic nitrogens is 1. The van der Waals surface area contributed by atoms with Gasteiger partial charge in [0, 0.05) is 17.1 Å². The number of nitrogens with one attached hydrogen (secondary N) is 1. The lowest BCUT2D eigenvalue weighted by atomic mass is 10.1. The van der Waals surface area contributed by atoms with E-state index in [0.29, 0.717) is 5.52 Å². The number of halogens is 1. The van der Waals surface area contributed by atoms with Crippen LogP contribution in [0.15, 0.2) is 18.2 Å². The van der Waals surface area contributed by atoms with Crippen molar-refractivity contribution in [2.24, 2.45) is 5.84 Å². The first kappa shape index (κ1) is 9.86. The smallest absolute Gasteiger partial charge is 0.125 e. The quantitative estimate of drug-likeness (QED) is 0.554. The predicted octanol–water partition coefficient (Wildman–Crippen LogP) is 2.28. The second-order valence-electron chi connectivity index (χ2n) is 3.50. The Kier molecular flexibility index (Phi) is 2.28. The molecule has 0 amide bonds. The zero-order valence-electron chi connectivity index (χ0n) is 8.63. The summed E-state index contributed by atoms with van der Waals surface area (Å²) in [7, 11) is 0. The van der Waals surface area contributed by atoms with E-state index >= 15 is 0 Å². The highest BCUT2D eigenvalue weighted by molar-refractivity contribution is 5.93. The molecule has 0 aliphatic rings. The third-order valence-electron chi connectivity index (χ3n) is 2.58. The minimum atomic E-state index is -0.291. The molecule has 0 spiro atoms. The standard InChI is InChI=1S/C11H12FN3/c1-6-7(2)14-10-5-8(12)3-4-9(10)11(6)15-13/h3-5H,13H2,1-2H3,(H,14,15). The van der Waals surface area contributed by atoms with Crippen LogP contribution in [0.3, 0.4) is 0 Å². The number of hydrogen-bond donors (Lipinski definition) is 2. The fourth-order valence-corrected chi connectivity index (χ4v) is 1.64. The first-order valence-corrected chi connectivity index (χ1v) is 4.66. The average molecular weight is 205 g/mol. The van der Waals surface area contributed by atoms with Crippen LogP contribution >= 0.6 is 0 Å². The number of nitrogens with two attached hydrogens (primary N) is 1. The molecule has 0 bridgehead atoms. The van der Waals surface area contributed by atoms with E-state index in [2.05, 4.69) is 10.4 Å². The molecule has 2 aromatic rings. The minimum Gasteiger partial charge on any atom is -0.323 e. The lowest BCUT2D eigenvalue weighted by molar-refractivity contribution is 0.629. The molecule has 0 aliphatic heterocycles. The molecule has 78 valence electrons. The molecule has 4 heteroatoms. The highest BCUT2D eigenvalue weighted by Gasteiger charge is 2.08. The van der Waals surface area contributed by atoms with E-state index in [4.69, 9.17) is 5.84 Å². The molecule has 0 saturated heterocycles. The van der Waals surface area contributed by atoms with Crippen molar-refractivity contribution in [2.45, 2.75) is 13.8 Å². The van der Waals surface area contributed by atoms with Gasteiger partial charge in [0.1, 0.15) is 5.82 Å². The predicted molar refractivity (Wildman–Crippen MR) is 59.0 cm³/mol. The third kappa shape index (κ3) is 1.53. The molecular weight excluding hydrogens is 193 g/mol. The molecule has 3 N–H and O–H groups in total. The van der Waals surface area contributed by atoms with Crippen LogP contribution in [0.1, 0.15) is 11.3 Å². The summed E-state index contributed by atoms with van der Waals surface area (Å²) >= 11 is 0. The molecule has 0 aliphatic carbocycles. The van der Waals surface area contributed by atoms with Crippen molar-refractivity contribution in [3.05, 3.63) is 35.3 Å². The number of fused-ring (bicyclic) bond motifs is 1. The molecule has 3 nitrogen and oxygen atoms in total. The summed E-state index contributed by atoms with van der Waals surface area (Å²) in [6, 6.07) is 4.49. The van der Waals surface area contributed by atoms with Gasteiger partial charge in [0.2, 0.25) is 0 Å². The molecule has 15 heavy (non-hydrogen) atoms. The zero-order chi connectivity index (χ0) is 11.0. The van der Waals surface area contributed by atoms with Gasteiger partial charge < -0.3 is 5.43 Å². The fraction of sp³-hybridized carbons (Fsp3) is 0.182. The maximum absolute atomic E-state index is 13.0. The third-order valence-corrected chi connectivity index (χ3v) is 2.58. The summed E-state index contributed by atoms with van der Waals surface area (Å²) in [5.74, 6) is 5.16. The summed E-state index contributed by atoms with van der Waals surface area (Å²) < 4.78 is 13.0. The maximum atomic E-state index is 13.0. The Morgan fingerprint density at radius 2 is 2.07 bits per heavy atom. The molecular formula is C11H12FN3. The average Bonchev–Trinajstić information content (AvgIpc) is 2.20. The summed E-state index contributed by atoms with van der Waals surface area (Å²) in [4.78, 5) is 4.31. The molecule has 1 heterocycles. The van der Waals surface area contributed by atoms with Crippen LogP contribution in [0, 0.1) is 19.7 Å². The monoisotopic (exact) mass is 205 g/mol. The fourth-order valence-electron chi connectivity index (χ4n) is 1.64. The highest BCUT2D eigenvalue weighted by Crippen LogP contribution is 2.27. The van der Waals surface area contributed by atoms with E-state index in [0.717, 1.165) is 22.3 Å². The molecule has 0 unspecified atom stereocenters. The van der Waals surface area contributed by atoms with Crippen LogP contribution in [-0.4, -0.2) is 4.98 Å². The van der Waals surface area contributed by atoms with Gasteiger partial charge in [0.15, 0.2) is 0 Å². The van der Waals surface area contributed by atoms with Gasteiger partial charge in [-0.25, -0.2) is 4.39 Å². The number of pyridine rings is 1. The van der Waals surface area contributed by atoms with Crippen molar-refractivity contribution < 1.29 is 4.39 Å². The van der Waals surface area contributed by atoms with Crippen LogP contribution in [0.5, 0.6) is 0 Å². The molecule has 0 fully saturated rings. The van der Waals surface area contributed by atoms with Crippen molar-refractivity contribution in [1.29, 1.82) is 0 Å². The van der Waals surface area contributed by atoms with Crippen molar-refractivity contribution in [3.8, 4) is 0 Å². The number of aryl methyl sites for hydroxylation is 1. The maximum Gasteiger partial charge on any atom is 0.125 e. The van der Waals surface area contributed by atoms with Gasteiger partial charge in [-0.1, -0.05) is 0 Å². The van der Waals surface area contributed by atoms with Gasteiger partial charge in [-0.2, -0.15) is 0 Å². The van der Waals surface area contributed by atoms with Crippen molar-refractivity contribution >= 4 is 16.6 Å². The molecule has 1 aromatic carbocycles. The van der Waals surface area contributed by atoms with E-state index in [1.807, 2.05) is 13.8 Å². The van der Waals surface area contributed by atoms with Crippen LogP contribution in [0.25, 0.3) is 10.9 Å². The van der Waals surface area contributed by atoms with Crippen molar-refractivity contribution in [3.63, 3.8) is 0 Å². The van der Waals surface area contributed by atoms with E-state index in [1.165, 1.54) is 12.1 Å². The Balaban J connectivity index is 2.88. The first-order chi connectivity index (χ1) is 7.13. The Bertz CT molecular complexity index is 523. The van der Waals surface area contributed by atoms with E-state index in [1.54, 1.807) is 6.07 Å². The van der Waals surface area contributed by atoms with Crippen molar-refractivity contribution in [1.82, 2.24) is 4.98 Å². The second kappa shape index (κ2) is 3.47. The second-order valence-corrected chi connectivity index (χ2v) is 3.50. The number of nitrogens with zero attached hydrogens (tertiary/aromatic N) is 1. The van der Waals surface area contributed by atoms with Gasteiger partial charge in [0.25, 0.3) is 0 Å². The Morgan fingerprint density at radius 1 is 1.33 bits per heavy atom. The summed E-state index contributed by atoms with van der Waals surface area (Å²) in [5, 5.41) is 0.835. The minimum absolute atomic E-state index is 0.291. The number of hydrazine groups is 1. The Hall–Kier alpha value is -1.68. The lowest BCUT2D eigenvalue weighted by Crippen LogP contribution is -2.10. The summed E-state index contributed by atoms with van der Waals surface area (Å²) in [6.45, 7) is 3.81. The lowest BCUT2D eigenvalue weighted by Gasteiger charge is -2.11. The Morgan fingerprint density at radius 3 is 2.73 bits per heavy atom. The highest BCUT2D eigenvalue weighted by atomic mass is 19.1. The van der Waals surface area contributed by atoms with Gasteiger partial charge in [-0.15, -0.1) is 0 Å². The van der Waals surface area contributed by atoms with E-state index < -0.39 is 0 Å². The number of anilines is 1. The van der Waals surface area contributed by atoms with Crippen LogP contribution < -0.4 is 11.3 Å². The zero-order valence-corrected chi connectivity index (χ0v) is 8.63. The van der Waals surface area contributed by atoms with Gasteiger partial charge in [-0.05, 0) is 31.5 Å². The normalized spacial score (nSPS) is 10.7. The van der Waals surface area contributed by atoms with Gasteiger partial charge >= 0.3 is 0 Å². The van der Waals surface area contributed by atoms with Crippen LogP contribution in [0.4, 0.5) is 10.1 Å². The van der Waals surface area contributed by atoms with Gasteiger partial charge in [0.05, 0.1) is 11.2 Å². The summed E-state index contributed by atoms with van der Waals surface area (Å²) in [6.07, 6.45) is 0. The number of benzene rings is 1. The molecule has 0 atom stereocenters. The van der Waals surface area contributed by atoms with Crippen molar-refractivity contribution in [2.75, 3.05) is 5.43 Å². The van der Waals surface area contributed by atoms with Gasteiger partial charge in [-0.3, -0.25) is 10.8 Å². The number of nitrogen functional groups attached to an aromatic ring is 1. The molecule has 0 radical (unpaired) electrons. The van der Waals surface area contributed by atoms with E-state index in [-0.39, 0.29) is 5.82 Å². The summed E-state index contributed by atoms with van der Waals surface area (Å²) in [5.41, 5.74) is 5.89. The van der Waals surface area contributed by atoms with Crippen LogP contribution in [-0.2, 0) is 0 Å². The first-order valence-electron chi connectivity index (χ1n) is 4.66. The Labute approximate surface area is 87.1 Å².